The molecule has 4 aromatic heterocycles. The number of rotatable bonds is 17. The zero-order valence-electron chi connectivity index (χ0n) is 56.2. The Kier molecular flexibility index (Phi) is 20.1. The number of nitrogens with zero attached hydrogens (tertiary/aromatic N) is 14. The number of nitrogens with one attached hydrogen (secondary N) is 1. The molecule has 0 bridgehead atoms. The Morgan fingerprint density at radius 1 is 0.802 bits per heavy atom. The summed E-state index contributed by atoms with van der Waals surface area (Å²) in [7, 11) is -3.96. The first-order valence-corrected chi connectivity index (χ1v) is 33.4. The standard InChI is InChI=1S/C65H95N15O10S/c1-17-19-51(81)45-28-50-55(66-31-45)65(15,16)39-79(50)54(82)38-77-35-42(3)78(60(84)89-62(6,7)8)37-47(77)36-75-25-26-76(34-41(75)2)59-67-32-46(33-68-59)58(83)74-23-21-73(22-24-74)20-18-27-88-52-30-49-48(29-53(52)91(86,87)64(12,13)14)56(70-40-69-49)71-57-43(4)44(5)72-80(57)61(85)90-63(9,10)11/h28-33,40-42,47,51,81H,17-27,34-39H2,1-16H3,(H,69,70,71)/t41-,42-,47+,51?/m1/s1. The van der Waals surface area contributed by atoms with E-state index in [4.69, 9.17) is 29.2 Å². The van der Waals surface area contributed by atoms with E-state index < -0.39 is 38.0 Å². The molecular weight excluding hydrogens is 1180 g/mol. The van der Waals surface area contributed by atoms with Gasteiger partial charge in [-0.25, -0.2) is 37.9 Å². The molecule has 3 saturated heterocycles. The van der Waals surface area contributed by atoms with Crippen LogP contribution in [0.1, 0.15) is 155 Å². The molecule has 4 atom stereocenters. The number of benzene rings is 1. The van der Waals surface area contributed by atoms with Crippen molar-refractivity contribution >= 4 is 68.0 Å². The summed E-state index contributed by atoms with van der Waals surface area (Å²) < 4.78 is 46.3. The lowest BCUT2D eigenvalue weighted by atomic mass is 9.91. The highest BCUT2D eigenvalue weighted by atomic mass is 32.2. The van der Waals surface area contributed by atoms with Crippen molar-refractivity contribution in [3.63, 3.8) is 0 Å². The van der Waals surface area contributed by atoms with E-state index in [9.17, 15) is 32.7 Å². The van der Waals surface area contributed by atoms with E-state index in [1.807, 2.05) is 57.4 Å². The van der Waals surface area contributed by atoms with Crippen molar-refractivity contribution in [2.24, 2.45) is 0 Å². The molecule has 5 aromatic rings. The molecule has 0 saturated carbocycles. The fourth-order valence-electron chi connectivity index (χ4n) is 12.2. The number of anilines is 4. The number of aryl methyl sites for hydroxylation is 1. The van der Waals surface area contributed by atoms with Crippen LogP contribution in [0, 0.1) is 13.8 Å². The van der Waals surface area contributed by atoms with E-state index in [0.29, 0.717) is 136 Å². The summed E-state index contributed by atoms with van der Waals surface area (Å²) in [5, 5.41) is 18.9. The van der Waals surface area contributed by atoms with Gasteiger partial charge in [0.1, 0.15) is 39.8 Å². The minimum atomic E-state index is -3.96. The maximum atomic E-state index is 14.6. The molecule has 9 rings (SSSR count). The predicted molar refractivity (Wildman–Crippen MR) is 348 cm³/mol. The van der Waals surface area contributed by atoms with E-state index >= 15 is 0 Å². The molecule has 4 aliphatic rings. The normalized spacial score (nSPS) is 20.0. The maximum absolute atomic E-state index is 14.6. The molecule has 25 nitrogen and oxygen atoms in total. The Morgan fingerprint density at radius 2 is 1.48 bits per heavy atom. The van der Waals surface area contributed by atoms with Gasteiger partial charge in [-0.05, 0) is 115 Å². The second kappa shape index (κ2) is 26.8. The number of hydrogen-bond acceptors (Lipinski definition) is 21. The molecule has 26 heteroatoms. The lowest BCUT2D eigenvalue weighted by molar-refractivity contribution is -0.121. The second-order valence-corrected chi connectivity index (χ2v) is 31.2. The molecule has 1 aromatic carbocycles. The van der Waals surface area contributed by atoms with Crippen LogP contribution in [0.5, 0.6) is 5.75 Å². The topological polar surface area (TPSA) is 267 Å². The van der Waals surface area contributed by atoms with Crippen LogP contribution in [0.2, 0.25) is 0 Å². The Labute approximate surface area is 536 Å². The quantitative estimate of drug-likeness (QED) is 0.0837. The highest BCUT2D eigenvalue weighted by molar-refractivity contribution is 7.92. The van der Waals surface area contributed by atoms with Crippen LogP contribution in [0.15, 0.2) is 48.0 Å². The summed E-state index contributed by atoms with van der Waals surface area (Å²) >= 11 is 0. The number of sulfone groups is 1. The van der Waals surface area contributed by atoms with Gasteiger partial charge < -0.3 is 44.2 Å². The first-order chi connectivity index (χ1) is 42.6. The molecule has 3 amide bonds. The summed E-state index contributed by atoms with van der Waals surface area (Å²) in [6.07, 6.45) is 6.58. The van der Waals surface area contributed by atoms with Gasteiger partial charge in [0.05, 0.1) is 52.2 Å². The Bertz CT molecular complexity index is 3590. The summed E-state index contributed by atoms with van der Waals surface area (Å²) in [5.41, 5.74) is 2.57. The van der Waals surface area contributed by atoms with Crippen LogP contribution in [0.25, 0.3) is 10.9 Å². The van der Waals surface area contributed by atoms with Crippen molar-refractivity contribution in [1.29, 1.82) is 0 Å². The molecular formula is C65H95N15O10S. The van der Waals surface area contributed by atoms with Crippen LogP contribution >= 0.6 is 0 Å². The number of piperazine rings is 3. The number of ether oxygens (including phenoxy) is 3. The first kappa shape index (κ1) is 68.2. The minimum absolute atomic E-state index is 0.0116. The molecule has 1 unspecified atom stereocenters. The number of fused-ring (bicyclic) bond motifs is 2. The Hall–Kier alpha value is -7.13. The van der Waals surface area contributed by atoms with Gasteiger partial charge in [-0.2, -0.15) is 5.10 Å². The van der Waals surface area contributed by atoms with Crippen LogP contribution in [-0.4, -0.2) is 222 Å². The predicted octanol–water partition coefficient (Wildman–Crippen LogP) is 7.93. The van der Waals surface area contributed by atoms with Crippen molar-refractivity contribution < 1.29 is 46.9 Å². The van der Waals surface area contributed by atoms with Crippen LogP contribution in [-0.2, 0) is 29.5 Å². The van der Waals surface area contributed by atoms with Crippen LogP contribution < -0.4 is 19.9 Å². The zero-order chi connectivity index (χ0) is 66.3. The van der Waals surface area contributed by atoms with Gasteiger partial charge in [-0.3, -0.25) is 29.3 Å². The molecule has 8 heterocycles. The number of hydrogen-bond donors (Lipinski definition) is 2. The lowest BCUT2D eigenvalue weighted by Gasteiger charge is -2.48. The zero-order valence-corrected chi connectivity index (χ0v) is 57.0. The summed E-state index contributed by atoms with van der Waals surface area (Å²) in [6.45, 7) is 36.9. The van der Waals surface area contributed by atoms with Gasteiger partial charge in [0.15, 0.2) is 9.84 Å². The number of carbonyl (C=O) groups is 4. The highest BCUT2D eigenvalue weighted by Gasteiger charge is 2.44. The maximum Gasteiger partial charge on any atom is 0.437 e. The molecule has 4 aliphatic heterocycles. The molecule has 2 N–H and O–H groups in total. The second-order valence-electron chi connectivity index (χ2n) is 28.5. The van der Waals surface area contributed by atoms with Crippen molar-refractivity contribution in [2.75, 3.05) is 107 Å². The average molecular weight is 1280 g/mol. The first-order valence-electron chi connectivity index (χ1n) is 31.9. The van der Waals surface area contributed by atoms with Crippen LogP contribution in [0.4, 0.5) is 32.9 Å². The van der Waals surface area contributed by atoms with Crippen molar-refractivity contribution in [3.05, 3.63) is 71.2 Å². The van der Waals surface area contributed by atoms with E-state index in [1.54, 1.807) is 78.0 Å². The minimum Gasteiger partial charge on any atom is -0.492 e. The summed E-state index contributed by atoms with van der Waals surface area (Å²) in [6, 6.07) is 4.72. The third-order valence-electron chi connectivity index (χ3n) is 17.4. The molecule has 496 valence electrons. The largest absolute Gasteiger partial charge is 0.492 e. The smallest absolute Gasteiger partial charge is 0.437 e. The monoisotopic (exact) mass is 1280 g/mol. The van der Waals surface area contributed by atoms with E-state index in [2.05, 4.69) is 60.8 Å². The van der Waals surface area contributed by atoms with Crippen molar-refractivity contribution in [3.8, 4) is 5.75 Å². The number of aliphatic hydroxyl groups is 1. The van der Waals surface area contributed by atoms with Gasteiger partial charge in [-0.15, -0.1) is 4.68 Å². The third kappa shape index (κ3) is 15.5. The molecule has 0 spiro atoms. The van der Waals surface area contributed by atoms with Gasteiger partial charge in [0, 0.05) is 143 Å². The number of carbonyl (C=O) groups excluding carboxylic acids is 4. The lowest BCUT2D eigenvalue weighted by Crippen LogP contribution is -2.65. The SMILES string of the molecule is CCCC(O)c1cnc2c(c1)N(C(=O)CN1C[C@@H](C)N(C(=O)OC(C)(C)C)C[C@@H]1CN1CCN(c3ncc(C(=O)N4CCN(CCCOc5cc6ncnc(Nc7c(C)c(C)nn7C(=O)OC(C)(C)C)c6cc5S(=O)(=O)C(C)(C)C)CC4)cn3)C[C@H]1C)CC2(C)C. The molecule has 91 heavy (non-hydrogen) atoms. The van der Waals surface area contributed by atoms with Crippen LogP contribution in [0.3, 0.4) is 0 Å². The van der Waals surface area contributed by atoms with Crippen molar-refractivity contribution in [1.82, 2.24) is 59.2 Å². The Morgan fingerprint density at radius 3 is 2.13 bits per heavy atom. The molecule has 3 fully saturated rings. The van der Waals surface area contributed by atoms with Gasteiger partial charge >= 0.3 is 12.2 Å². The van der Waals surface area contributed by atoms with E-state index in [1.165, 1.54) is 12.4 Å². The van der Waals surface area contributed by atoms with E-state index in [-0.39, 0.29) is 71.1 Å². The number of aliphatic hydroxyl groups excluding tert-OH is 1. The third-order valence-corrected chi connectivity index (χ3v) is 19.9. The van der Waals surface area contributed by atoms with Gasteiger partial charge in [0.2, 0.25) is 11.9 Å². The fourth-order valence-corrected chi connectivity index (χ4v) is 13.5. The van der Waals surface area contributed by atoms with Crippen molar-refractivity contribution in [2.45, 2.75) is 181 Å². The number of pyridine rings is 1. The highest BCUT2D eigenvalue weighted by Crippen LogP contribution is 2.42. The number of amides is 3. The summed E-state index contributed by atoms with van der Waals surface area (Å²) in [4.78, 5) is 93.0. The fraction of sp³-hybridized carbons (Fsp3) is 0.631. The summed E-state index contributed by atoms with van der Waals surface area (Å²) in [5.74, 6) is 1.10. The Balaban J connectivity index is 0.788. The molecule has 0 aliphatic carbocycles. The number of aromatic nitrogens is 7. The van der Waals surface area contributed by atoms with Gasteiger partial charge in [-0.1, -0.05) is 27.2 Å². The van der Waals surface area contributed by atoms with Gasteiger partial charge in [0.25, 0.3) is 5.91 Å². The van der Waals surface area contributed by atoms with E-state index in [0.717, 1.165) is 22.5 Å². The molecule has 0 radical (unpaired) electrons. The average Bonchev–Trinajstić information content (AvgIpc) is 1.74.